The molecule has 1 saturated heterocycles. The molecule has 3 aliphatic carbocycles. The lowest BCUT2D eigenvalue weighted by atomic mass is 9.75. The summed E-state index contributed by atoms with van der Waals surface area (Å²) in [7, 11) is 0. The molecular weight excluding hydrogens is 306 g/mol. The minimum Gasteiger partial charge on any atom is -0.372 e. The lowest BCUT2D eigenvalue weighted by Gasteiger charge is -2.57. The molecule has 0 amide bonds. The maximum absolute atomic E-state index is 6.72. The van der Waals surface area contributed by atoms with Gasteiger partial charge in [-0.1, -0.05) is 46.0 Å². The second-order valence-electron chi connectivity index (χ2n) is 9.81. The maximum atomic E-state index is 6.72. The third kappa shape index (κ3) is 3.95. The molecule has 3 saturated carbocycles. The standard InChI is InChI=1S/C23H41NO/c1-3-4-7-18-11-13-19(14-12-18)24-20-8-5-6-9-22(20)25-23-16-17(2)10-15-21(23)24/h17-23H,3-16H2,1-2H3. The van der Waals surface area contributed by atoms with Crippen molar-refractivity contribution < 1.29 is 4.74 Å². The smallest absolute Gasteiger partial charge is 0.0737 e. The molecule has 0 aromatic rings. The van der Waals surface area contributed by atoms with Crippen LogP contribution in [0.15, 0.2) is 0 Å². The number of hydrogen-bond acceptors (Lipinski definition) is 2. The molecule has 0 spiro atoms. The van der Waals surface area contributed by atoms with Crippen LogP contribution in [0, 0.1) is 11.8 Å². The zero-order valence-electron chi connectivity index (χ0n) is 16.8. The molecule has 4 rings (SSSR count). The summed E-state index contributed by atoms with van der Waals surface area (Å²) in [6.45, 7) is 4.78. The molecule has 0 aromatic carbocycles. The molecule has 1 aliphatic heterocycles. The van der Waals surface area contributed by atoms with Gasteiger partial charge in [0.1, 0.15) is 0 Å². The molecule has 4 aliphatic rings. The molecule has 0 bridgehead atoms. The molecule has 0 radical (unpaired) electrons. The van der Waals surface area contributed by atoms with Gasteiger partial charge in [-0.3, -0.25) is 4.90 Å². The fourth-order valence-corrected chi connectivity index (χ4v) is 6.61. The van der Waals surface area contributed by atoms with Gasteiger partial charge in [0.15, 0.2) is 0 Å². The third-order valence-corrected chi connectivity index (χ3v) is 8.01. The van der Waals surface area contributed by atoms with Gasteiger partial charge in [0.25, 0.3) is 0 Å². The van der Waals surface area contributed by atoms with Gasteiger partial charge in [0, 0.05) is 18.1 Å². The van der Waals surface area contributed by atoms with Crippen LogP contribution in [0.5, 0.6) is 0 Å². The summed E-state index contributed by atoms with van der Waals surface area (Å²) in [4.78, 5) is 3.07. The van der Waals surface area contributed by atoms with Crippen molar-refractivity contribution in [3.63, 3.8) is 0 Å². The number of rotatable bonds is 4. The largest absolute Gasteiger partial charge is 0.372 e. The summed E-state index contributed by atoms with van der Waals surface area (Å²) in [6.07, 6.45) is 21.0. The first-order valence-electron chi connectivity index (χ1n) is 11.7. The molecule has 1 heterocycles. The molecule has 0 N–H and O–H groups in total. The highest BCUT2D eigenvalue weighted by Crippen LogP contribution is 2.44. The van der Waals surface area contributed by atoms with Crippen LogP contribution in [0.1, 0.15) is 104 Å². The summed E-state index contributed by atoms with van der Waals surface area (Å²) < 4.78 is 6.72. The van der Waals surface area contributed by atoms with Gasteiger partial charge in [-0.05, 0) is 69.6 Å². The zero-order chi connectivity index (χ0) is 17.2. The Morgan fingerprint density at radius 1 is 0.840 bits per heavy atom. The minimum atomic E-state index is 0.543. The second kappa shape index (κ2) is 8.30. The number of unbranched alkanes of at least 4 members (excludes halogenated alkanes) is 1. The van der Waals surface area contributed by atoms with Gasteiger partial charge in [0.05, 0.1) is 12.2 Å². The highest BCUT2D eigenvalue weighted by molar-refractivity contribution is 5.01. The first-order chi connectivity index (χ1) is 12.3. The van der Waals surface area contributed by atoms with Gasteiger partial charge < -0.3 is 4.74 Å². The summed E-state index contributed by atoms with van der Waals surface area (Å²) >= 11 is 0. The number of morpholine rings is 1. The molecule has 2 nitrogen and oxygen atoms in total. The first kappa shape index (κ1) is 18.3. The van der Waals surface area contributed by atoms with Crippen molar-refractivity contribution in [1.82, 2.24) is 4.90 Å². The Hall–Kier alpha value is -0.0800. The zero-order valence-corrected chi connectivity index (χ0v) is 16.8. The van der Waals surface area contributed by atoms with Crippen molar-refractivity contribution in [2.45, 2.75) is 134 Å². The van der Waals surface area contributed by atoms with E-state index >= 15 is 0 Å². The summed E-state index contributed by atoms with van der Waals surface area (Å²) in [6, 6.07) is 2.36. The Bertz CT molecular complexity index is 416. The Labute approximate surface area is 156 Å². The Morgan fingerprint density at radius 3 is 2.40 bits per heavy atom. The predicted octanol–water partition coefficient (Wildman–Crippen LogP) is 5.94. The number of fused-ring (bicyclic) bond motifs is 2. The maximum Gasteiger partial charge on any atom is 0.0737 e. The van der Waals surface area contributed by atoms with Crippen molar-refractivity contribution in [2.24, 2.45) is 11.8 Å². The van der Waals surface area contributed by atoms with E-state index in [9.17, 15) is 0 Å². The predicted molar refractivity (Wildman–Crippen MR) is 105 cm³/mol. The van der Waals surface area contributed by atoms with Crippen LogP contribution in [0.3, 0.4) is 0 Å². The van der Waals surface area contributed by atoms with Gasteiger partial charge in [-0.25, -0.2) is 0 Å². The summed E-state index contributed by atoms with van der Waals surface area (Å²) in [5.41, 5.74) is 0. The van der Waals surface area contributed by atoms with E-state index in [2.05, 4.69) is 18.7 Å². The highest BCUT2D eigenvalue weighted by Gasteiger charge is 2.48. The van der Waals surface area contributed by atoms with Gasteiger partial charge in [0.2, 0.25) is 0 Å². The average Bonchev–Trinajstić information content (AvgIpc) is 2.65. The van der Waals surface area contributed by atoms with Gasteiger partial charge in [-0.15, -0.1) is 0 Å². The second-order valence-corrected chi connectivity index (χ2v) is 9.81. The average molecular weight is 348 g/mol. The molecule has 5 unspecified atom stereocenters. The van der Waals surface area contributed by atoms with Crippen LogP contribution in [0.4, 0.5) is 0 Å². The van der Waals surface area contributed by atoms with E-state index in [1.54, 1.807) is 0 Å². The van der Waals surface area contributed by atoms with Crippen molar-refractivity contribution in [3.05, 3.63) is 0 Å². The molecule has 5 atom stereocenters. The minimum absolute atomic E-state index is 0.543. The first-order valence-corrected chi connectivity index (χ1v) is 11.7. The highest BCUT2D eigenvalue weighted by atomic mass is 16.5. The fraction of sp³-hybridized carbons (Fsp3) is 1.00. The van der Waals surface area contributed by atoms with Crippen LogP contribution in [-0.4, -0.2) is 35.2 Å². The monoisotopic (exact) mass is 347 g/mol. The summed E-state index contributed by atoms with van der Waals surface area (Å²) in [5.74, 6) is 1.90. The fourth-order valence-electron chi connectivity index (χ4n) is 6.61. The lowest BCUT2D eigenvalue weighted by molar-refractivity contribution is -0.194. The number of hydrogen-bond donors (Lipinski definition) is 0. The molecule has 0 aromatic heterocycles. The van der Waals surface area contributed by atoms with E-state index in [4.69, 9.17) is 4.74 Å². The van der Waals surface area contributed by atoms with Crippen LogP contribution in [0.2, 0.25) is 0 Å². The number of ether oxygens (including phenoxy) is 1. The van der Waals surface area contributed by atoms with Crippen molar-refractivity contribution in [3.8, 4) is 0 Å². The summed E-state index contributed by atoms with van der Waals surface area (Å²) in [5, 5.41) is 0. The SMILES string of the molecule is CCCCC1CCC(N2C3CCCCC3OC3CC(C)CCC32)CC1. The van der Waals surface area contributed by atoms with E-state index in [0.717, 1.165) is 30.0 Å². The Morgan fingerprint density at radius 2 is 1.60 bits per heavy atom. The van der Waals surface area contributed by atoms with E-state index in [0.29, 0.717) is 12.2 Å². The quantitative estimate of drug-likeness (QED) is 0.624. The molecule has 25 heavy (non-hydrogen) atoms. The van der Waals surface area contributed by atoms with Crippen LogP contribution < -0.4 is 0 Å². The van der Waals surface area contributed by atoms with Crippen molar-refractivity contribution in [1.29, 1.82) is 0 Å². The van der Waals surface area contributed by atoms with E-state index in [1.165, 1.54) is 89.9 Å². The van der Waals surface area contributed by atoms with Crippen LogP contribution in [-0.2, 0) is 4.74 Å². The van der Waals surface area contributed by atoms with Crippen molar-refractivity contribution in [2.75, 3.05) is 0 Å². The van der Waals surface area contributed by atoms with Gasteiger partial charge in [-0.2, -0.15) is 0 Å². The topological polar surface area (TPSA) is 12.5 Å². The number of nitrogens with zero attached hydrogens (tertiary/aromatic N) is 1. The van der Waals surface area contributed by atoms with E-state index in [-0.39, 0.29) is 0 Å². The molecule has 4 fully saturated rings. The van der Waals surface area contributed by atoms with E-state index < -0.39 is 0 Å². The third-order valence-electron chi connectivity index (χ3n) is 8.01. The molecule has 2 heteroatoms. The molecule has 144 valence electrons. The lowest BCUT2D eigenvalue weighted by Crippen LogP contribution is -2.65. The Balaban J connectivity index is 1.45. The Kier molecular flexibility index (Phi) is 6.07. The van der Waals surface area contributed by atoms with Gasteiger partial charge >= 0.3 is 0 Å². The van der Waals surface area contributed by atoms with E-state index in [1.807, 2.05) is 0 Å². The van der Waals surface area contributed by atoms with Crippen LogP contribution >= 0.6 is 0 Å². The molecular formula is C23H41NO. The normalized spacial score (nSPS) is 45.6. The van der Waals surface area contributed by atoms with Crippen molar-refractivity contribution >= 4 is 0 Å². The van der Waals surface area contributed by atoms with Crippen LogP contribution in [0.25, 0.3) is 0 Å².